The number of nitrogens with one attached hydrogen (secondary N) is 2. The maximum absolute atomic E-state index is 13.8. The first-order valence-electron chi connectivity index (χ1n) is 14.6. The predicted octanol–water partition coefficient (Wildman–Crippen LogP) is 5.18. The van der Waals surface area contributed by atoms with Crippen LogP contribution >= 0.6 is 23.4 Å². The number of fused-ring (bicyclic) bond motifs is 1. The van der Waals surface area contributed by atoms with E-state index >= 15 is 0 Å². The molecule has 0 aromatic heterocycles. The number of thioether (sulfide) groups is 1. The monoisotopic (exact) mass is 663 g/mol. The van der Waals surface area contributed by atoms with Crippen molar-refractivity contribution in [2.24, 2.45) is 0 Å². The Labute approximate surface area is 276 Å². The number of alkyl halides is 1. The van der Waals surface area contributed by atoms with E-state index in [1.807, 2.05) is 60.7 Å². The highest BCUT2D eigenvalue weighted by atomic mass is 35.5. The second kappa shape index (κ2) is 13.9. The number of ether oxygens (including phenoxy) is 2. The second-order valence-electron chi connectivity index (χ2n) is 11.8. The molecule has 3 atom stereocenters. The number of benzene rings is 3. The van der Waals surface area contributed by atoms with Gasteiger partial charge in [-0.05, 0) is 55.2 Å². The van der Waals surface area contributed by atoms with Gasteiger partial charge in [0, 0.05) is 11.6 Å². The number of rotatable bonds is 9. The number of phenolic OH excluding ortho intramolecular Hbond substituents is 1. The third-order valence-corrected chi connectivity index (χ3v) is 8.94. The molecule has 5 rings (SSSR count). The van der Waals surface area contributed by atoms with Crippen molar-refractivity contribution in [1.82, 2.24) is 15.5 Å². The SMILES string of the molecule is CC(C)(C)OC(=O)NC(C(=O)NC1C(=O)N2C(C(=O)OC(c3ccccc3)c3ccccc3)=C(CCl)CSC12)c1ccc(O)cc1. The molecule has 3 N–H and O–H groups in total. The Morgan fingerprint density at radius 3 is 2.09 bits per heavy atom. The zero-order chi connectivity index (χ0) is 33.0. The van der Waals surface area contributed by atoms with Crippen molar-refractivity contribution in [3.8, 4) is 5.75 Å². The van der Waals surface area contributed by atoms with Crippen LogP contribution in [0, 0.1) is 0 Å². The number of β-lactam (4-membered cyclic amide) rings is 1. The lowest BCUT2D eigenvalue weighted by Crippen LogP contribution is -2.71. The highest BCUT2D eigenvalue weighted by molar-refractivity contribution is 8.00. The van der Waals surface area contributed by atoms with Crippen molar-refractivity contribution in [3.05, 3.63) is 113 Å². The number of hydrogen-bond acceptors (Lipinski definition) is 8. The van der Waals surface area contributed by atoms with E-state index in [2.05, 4.69) is 10.6 Å². The fourth-order valence-corrected chi connectivity index (χ4v) is 6.83. The summed E-state index contributed by atoms with van der Waals surface area (Å²) in [5, 5.41) is 14.4. The van der Waals surface area contributed by atoms with Crippen molar-refractivity contribution < 1.29 is 33.8 Å². The minimum atomic E-state index is -1.23. The van der Waals surface area contributed by atoms with Crippen molar-refractivity contribution in [2.45, 2.75) is 49.9 Å². The quantitative estimate of drug-likeness (QED) is 0.162. The Hall–Kier alpha value is -4.48. The smallest absolute Gasteiger partial charge is 0.408 e. The lowest BCUT2D eigenvalue weighted by atomic mass is 10.00. The van der Waals surface area contributed by atoms with Gasteiger partial charge in [0.25, 0.3) is 5.91 Å². The molecule has 10 nitrogen and oxygen atoms in total. The number of phenols is 1. The molecule has 1 fully saturated rings. The molecule has 3 amide bonds. The van der Waals surface area contributed by atoms with E-state index in [4.69, 9.17) is 21.1 Å². The predicted molar refractivity (Wildman–Crippen MR) is 174 cm³/mol. The molecule has 240 valence electrons. The van der Waals surface area contributed by atoms with Gasteiger partial charge in [-0.3, -0.25) is 14.5 Å². The largest absolute Gasteiger partial charge is 0.508 e. The van der Waals surface area contributed by atoms with E-state index in [0.717, 1.165) is 11.1 Å². The first-order chi connectivity index (χ1) is 22.0. The summed E-state index contributed by atoms with van der Waals surface area (Å²) in [5.74, 6) is -1.56. The number of alkyl carbamates (subject to hydrolysis) is 1. The maximum Gasteiger partial charge on any atom is 0.408 e. The van der Waals surface area contributed by atoms with Crippen LogP contribution in [0.2, 0.25) is 0 Å². The van der Waals surface area contributed by atoms with Gasteiger partial charge in [-0.2, -0.15) is 0 Å². The molecule has 2 aliphatic rings. The summed E-state index contributed by atoms with van der Waals surface area (Å²) in [5.41, 5.74) is 1.67. The first kappa shape index (κ1) is 32.9. The van der Waals surface area contributed by atoms with Crippen molar-refractivity contribution >= 4 is 47.2 Å². The average molecular weight is 664 g/mol. The van der Waals surface area contributed by atoms with E-state index in [1.54, 1.807) is 20.8 Å². The Balaban J connectivity index is 1.36. The normalized spacial score (nSPS) is 18.3. The number of halogens is 1. The number of nitrogens with zero attached hydrogens (tertiary/aromatic N) is 1. The molecule has 0 aliphatic carbocycles. The summed E-state index contributed by atoms with van der Waals surface area (Å²) >= 11 is 7.61. The van der Waals surface area contributed by atoms with Crippen LogP contribution in [0.15, 0.2) is 96.2 Å². The summed E-state index contributed by atoms with van der Waals surface area (Å²) in [6.45, 7) is 5.08. The van der Waals surface area contributed by atoms with E-state index in [9.17, 15) is 24.3 Å². The summed E-state index contributed by atoms with van der Waals surface area (Å²) in [4.78, 5) is 55.0. The molecular weight excluding hydrogens is 630 g/mol. The van der Waals surface area contributed by atoms with Gasteiger partial charge in [0.2, 0.25) is 5.91 Å². The van der Waals surface area contributed by atoms with Gasteiger partial charge in [-0.1, -0.05) is 72.8 Å². The molecule has 3 aromatic carbocycles. The molecule has 0 spiro atoms. The number of hydrogen-bond donors (Lipinski definition) is 3. The standard InChI is InChI=1S/C34H34ClN3O7S/c1-34(2,3)45-33(43)37-25(20-14-16-24(39)17-15-20)29(40)36-26-30(41)38-27(23(18-35)19-46-31(26)38)32(42)44-28(21-10-6-4-7-11-21)22-12-8-5-9-13-22/h4-17,25-26,28,31,39H,18-19H2,1-3H3,(H,36,40)(H,37,43). The summed E-state index contributed by atoms with van der Waals surface area (Å²) in [7, 11) is 0. The highest BCUT2D eigenvalue weighted by Crippen LogP contribution is 2.42. The maximum atomic E-state index is 13.8. The van der Waals surface area contributed by atoms with E-state index in [-0.39, 0.29) is 17.3 Å². The van der Waals surface area contributed by atoms with Crippen LogP contribution in [0.5, 0.6) is 5.75 Å². The minimum Gasteiger partial charge on any atom is -0.508 e. The molecular formula is C34H34ClN3O7S. The number of esters is 1. The Morgan fingerprint density at radius 1 is 0.957 bits per heavy atom. The molecule has 2 aliphatic heterocycles. The van der Waals surface area contributed by atoms with Gasteiger partial charge < -0.3 is 25.2 Å². The number of carbonyl (C=O) groups excluding carboxylic acids is 4. The molecule has 46 heavy (non-hydrogen) atoms. The van der Waals surface area contributed by atoms with E-state index in [0.29, 0.717) is 16.9 Å². The van der Waals surface area contributed by atoms with Gasteiger partial charge in [0.15, 0.2) is 6.10 Å². The zero-order valence-corrected chi connectivity index (χ0v) is 27.0. The van der Waals surface area contributed by atoms with Crippen LogP contribution in [0.3, 0.4) is 0 Å². The van der Waals surface area contributed by atoms with E-state index in [1.165, 1.54) is 40.9 Å². The van der Waals surface area contributed by atoms with Crippen molar-refractivity contribution in [2.75, 3.05) is 11.6 Å². The third-order valence-electron chi connectivity index (χ3n) is 7.28. The molecule has 3 aromatic rings. The topological polar surface area (TPSA) is 134 Å². The summed E-state index contributed by atoms with van der Waals surface area (Å²) in [6.07, 6.45) is -1.57. The van der Waals surface area contributed by atoms with Crippen LogP contribution in [-0.2, 0) is 23.9 Å². The molecule has 12 heteroatoms. The fraction of sp³-hybridized carbons (Fsp3) is 0.294. The third kappa shape index (κ3) is 7.32. The number of amides is 3. The van der Waals surface area contributed by atoms with Gasteiger partial charge in [0.1, 0.15) is 34.5 Å². The Morgan fingerprint density at radius 2 is 1.54 bits per heavy atom. The Bertz CT molecular complexity index is 1590. The first-order valence-corrected chi connectivity index (χ1v) is 16.2. The lowest BCUT2D eigenvalue weighted by molar-refractivity contribution is -0.154. The molecule has 0 bridgehead atoms. The summed E-state index contributed by atoms with van der Waals surface area (Å²) in [6, 6.07) is 22.1. The van der Waals surface area contributed by atoms with Crippen molar-refractivity contribution in [3.63, 3.8) is 0 Å². The van der Waals surface area contributed by atoms with Crippen LogP contribution in [-0.4, -0.2) is 62.5 Å². The highest BCUT2D eigenvalue weighted by Gasteiger charge is 2.55. The average Bonchev–Trinajstić information content (AvgIpc) is 3.04. The lowest BCUT2D eigenvalue weighted by Gasteiger charge is -2.50. The number of aromatic hydroxyl groups is 1. The summed E-state index contributed by atoms with van der Waals surface area (Å²) < 4.78 is 11.4. The van der Waals surface area contributed by atoms with Gasteiger partial charge in [-0.15, -0.1) is 23.4 Å². The van der Waals surface area contributed by atoms with Crippen LogP contribution in [0.25, 0.3) is 0 Å². The minimum absolute atomic E-state index is 0.00896. The molecule has 2 heterocycles. The molecule has 3 unspecified atom stereocenters. The van der Waals surface area contributed by atoms with Crippen LogP contribution < -0.4 is 10.6 Å². The fourth-order valence-electron chi connectivity index (χ4n) is 5.15. The Kier molecular flexibility index (Phi) is 9.93. The van der Waals surface area contributed by atoms with Gasteiger partial charge >= 0.3 is 12.1 Å². The molecule has 0 saturated carbocycles. The molecule has 1 saturated heterocycles. The second-order valence-corrected chi connectivity index (χ2v) is 13.1. The van der Waals surface area contributed by atoms with E-state index < -0.39 is 53.0 Å². The van der Waals surface area contributed by atoms with Crippen LogP contribution in [0.4, 0.5) is 4.79 Å². The number of carbonyl (C=O) groups is 4. The molecule has 0 radical (unpaired) electrons. The zero-order valence-electron chi connectivity index (χ0n) is 25.4. The van der Waals surface area contributed by atoms with Gasteiger partial charge in [-0.25, -0.2) is 9.59 Å². The van der Waals surface area contributed by atoms with Crippen molar-refractivity contribution in [1.29, 1.82) is 0 Å². The van der Waals surface area contributed by atoms with Crippen LogP contribution in [0.1, 0.15) is 49.6 Å². The van der Waals surface area contributed by atoms with Gasteiger partial charge in [0.05, 0.1) is 0 Å².